The van der Waals surface area contributed by atoms with Crippen LogP contribution >= 0.6 is 11.6 Å². The van der Waals surface area contributed by atoms with Gasteiger partial charge in [-0.15, -0.1) is 0 Å². The van der Waals surface area contributed by atoms with E-state index in [1.165, 1.54) is 18.2 Å². The van der Waals surface area contributed by atoms with Crippen LogP contribution in [-0.4, -0.2) is 16.9 Å². The molecule has 2 aromatic rings. The molecule has 0 heterocycles. The van der Waals surface area contributed by atoms with Gasteiger partial charge in [0.15, 0.2) is 0 Å². The number of nitro groups is 1. The van der Waals surface area contributed by atoms with Crippen LogP contribution in [-0.2, 0) is 4.79 Å². The average molecular weight is 374 g/mol. The first kappa shape index (κ1) is 18.4. The van der Waals surface area contributed by atoms with Crippen LogP contribution in [0.15, 0.2) is 48.5 Å². The van der Waals surface area contributed by atoms with E-state index in [1.54, 1.807) is 0 Å². The van der Waals surface area contributed by atoms with Crippen LogP contribution in [0.2, 0.25) is 5.02 Å². The SMILES string of the molecule is O=C(Nc1ccc([N+](=O)[O-])cc1Cl)[C@@H](NC1CCCC1)c1ccccc1. The van der Waals surface area contributed by atoms with Crippen molar-refractivity contribution in [1.82, 2.24) is 5.32 Å². The molecular formula is C19H20ClN3O3. The molecule has 0 aromatic heterocycles. The van der Waals surface area contributed by atoms with Gasteiger partial charge >= 0.3 is 0 Å². The number of carbonyl (C=O) groups excluding carboxylic acids is 1. The first-order valence-corrected chi connectivity index (χ1v) is 8.98. The zero-order valence-corrected chi connectivity index (χ0v) is 14.9. The summed E-state index contributed by atoms with van der Waals surface area (Å²) < 4.78 is 0. The molecule has 1 aliphatic rings. The highest BCUT2D eigenvalue weighted by Gasteiger charge is 2.26. The van der Waals surface area contributed by atoms with Gasteiger partial charge in [0.05, 0.1) is 15.6 Å². The second kappa shape index (κ2) is 8.29. The van der Waals surface area contributed by atoms with Crippen LogP contribution in [0.5, 0.6) is 0 Å². The van der Waals surface area contributed by atoms with Crippen LogP contribution in [0, 0.1) is 10.1 Å². The number of anilines is 1. The monoisotopic (exact) mass is 373 g/mol. The molecule has 0 saturated heterocycles. The molecular weight excluding hydrogens is 354 g/mol. The number of non-ortho nitro benzene ring substituents is 1. The summed E-state index contributed by atoms with van der Waals surface area (Å²) in [6, 6.07) is 13.3. The molecule has 1 fully saturated rings. The zero-order chi connectivity index (χ0) is 18.5. The van der Waals surface area contributed by atoms with E-state index in [2.05, 4.69) is 10.6 Å². The number of amides is 1. The molecule has 7 heteroatoms. The van der Waals surface area contributed by atoms with Crippen molar-refractivity contribution in [2.24, 2.45) is 0 Å². The Hall–Kier alpha value is -2.44. The lowest BCUT2D eigenvalue weighted by molar-refractivity contribution is -0.384. The lowest BCUT2D eigenvalue weighted by Gasteiger charge is -2.23. The quantitative estimate of drug-likeness (QED) is 0.578. The van der Waals surface area contributed by atoms with Crippen molar-refractivity contribution in [1.29, 1.82) is 0 Å². The molecule has 1 aliphatic carbocycles. The van der Waals surface area contributed by atoms with Crippen LogP contribution < -0.4 is 10.6 Å². The van der Waals surface area contributed by atoms with Gasteiger partial charge in [-0.3, -0.25) is 20.2 Å². The van der Waals surface area contributed by atoms with E-state index >= 15 is 0 Å². The van der Waals surface area contributed by atoms with Gasteiger partial charge in [-0.25, -0.2) is 0 Å². The highest BCUT2D eigenvalue weighted by atomic mass is 35.5. The van der Waals surface area contributed by atoms with Gasteiger partial charge in [0, 0.05) is 18.2 Å². The predicted molar refractivity (Wildman–Crippen MR) is 101 cm³/mol. The lowest BCUT2D eigenvalue weighted by atomic mass is 10.0. The summed E-state index contributed by atoms with van der Waals surface area (Å²) >= 11 is 6.10. The van der Waals surface area contributed by atoms with Crippen LogP contribution in [0.25, 0.3) is 0 Å². The second-order valence-electron chi connectivity index (χ2n) is 6.40. The summed E-state index contributed by atoms with van der Waals surface area (Å²) in [5.41, 5.74) is 1.11. The van der Waals surface area contributed by atoms with Gasteiger partial charge in [-0.2, -0.15) is 0 Å². The number of nitro benzene ring substituents is 1. The van der Waals surface area contributed by atoms with Crippen molar-refractivity contribution >= 4 is 28.9 Å². The molecule has 136 valence electrons. The maximum atomic E-state index is 12.9. The molecule has 2 aromatic carbocycles. The van der Waals surface area contributed by atoms with Crippen molar-refractivity contribution in [3.8, 4) is 0 Å². The molecule has 0 unspecified atom stereocenters. The fourth-order valence-corrected chi connectivity index (χ4v) is 3.44. The maximum absolute atomic E-state index is 12.9. The fraction of sp³-hybridized carbons (Fsp3) is 0.316. The minimum absolute atomic E-state index is 0.114. The molecule has 2 N–H and O–H groups in total. The number of hydrogen-bond donors (Lipinski definition) is 2. The number of nitrogens with zero attached hydrogens (tertiary/aromatic N) is 1. The summed E-state index contributed by atoms with van der Waals surface area (Å²) in [4.78, 5) is 23.2. The largest absolute Gasteiger partial charge is 0.323 e. The molecule has 1 atom stereocenters. The van der Waals surface area contributed by atoms with Gasteiger partial charge in [0.2, 0.25) is 5.91 Å². The molecule has 0 spiro atoms. The van der Waals surface area contributed by atoms with Crippen molar-refractivity contribution in [2.45, 2.75) is 37.8 Å². The second-order valence-corrected chi connectivity index (χ2v) is 6.81. The molecule has 0 bridgehead atoms. The minimum Gasteiger partial charge on any atom is -0.323 e. The summed E-state index contributed by atoms with van der Waals surface area (Å²) in [6.07, 6.45) is 4.42. The highest BCUT2D eigenvalue weighted by Crippen LogP contribution is 2.28. The predicted octanol–water partition coefficient (Wildman–Crippen LogP) is 4.46. The third kappa shape index (κ3) is 4.39. The third-order valence-corrected chi connectivity index (χ3v) is 4.89. The maximum Gasteiger partial charge on any atom is 0.271 e. The van der Waals surface area contributed by atoms with Gasteiger partial charge in [0.1, 0.15) is 6.04 Å². The topological polar surface area (TPSA) is 84.3 Å². The third-order valence-electron chi connectivity index (χ3n) is 4.57. The first-order chi connectivity index (χ1) is 12.5. The molecule has 1 amide bonds. The molecule has 1 saturated carbocycles. The van der Waals surface area contributed by atoms with Crippen molar-refractivity contribution in [2.75, 3.05) is 5.32 Å². The van der Waals surface area contributed by atoms with Crippen LogP contribution in [0.3, 0.4) is 0 Å². The standard InChI is InChI=1S/C19H20ClN3O3/c20-16-12-15(23(25)26)10-11-17(16)22-19(24)18(13-6-2-1-3-7-13)21-14-8-4-5-9-14/h1-3,6-7,10-12,14,18,21H,4-5,8-9H2,(H,22,24)/t18-/m0/s1. The Morgan fingerprint density at radius 3 is 2.46 bits per heavy atom. The van der Waals surface area contributed by atoms with E-state index in [0.29, 0.717) is 11.7 Å². The summed E-state index contributed by atoms with van der Waals surface area (Å²) in [6.45, 7) is 0. The van der Waals surface area contributed by atoms with E-state index in [9.17, 15) is 14.9 Å². The number of hydrogen-bond acceptors (Lipinski definition) is 4. The van der Waals surface area contributed by atoms with Gasteiger partial charge in [-0.1, -0.05) is 54.8 Å². The van der Waals surface area contributed by atoms with Crippen LogP contribution in [0.4, 0.5) is 11.4 Å². The summed E-state index contributed by atoms with van der Waals surface area (Å²) in [5, 5.41) is 17.2. The molecule has 3 rings (SSSR count). The molecule has 26 heavy (non-hydrogen) atoms. The van der Waals surface area contributed by atoms with Crippen molar-refractivity contribution in [3.05, 3.63) is 69.2 Å². The fourth-order valence-electron chi connectivity index (χ4n) is 3.22. The molecule has 6 nitrogen and oxygen atoms in total. The van der Waals surface area contributed by atoms with Crippen LogP contribution in [0.1, 0.15) is 37.3 Å². The Kier molecular flexibility index (Phi) is 5.85. The smallest absolute Gasteiger partial charge is 0.271 e. The Balaban J connectivity index is 1.80. The van der Waals surface area contributed by atoms with Crippen molar-refractivity contribution < 1.29 is 9.72 Å². The number of benzene rings is 2. The molecule has 0 radical (unpaired) electrons. The zero-order valence-electron chi connectivity index (χ0n) is 14.2. The van der Waals surface area contributed by atoms with Gasteiger partial charge < -0.3 is 5.32 Å². The van der Waals surface area contributed by atoms with E-state index < -0.39 is 11.0 Å². The lowest BCUT2D eigenvalue weighted by Crippen LogP contribution is -2.38. The highest BCUT2D eigenvalue weighted by molar-refractivity contribution is 6.34. The Morgan fingerprint density at radius 2 is 1.85 bits per heavy atom. The first-order valence-electron chi connectivity index (χ1n) is 8.60. The Bertz CT molecular complexity index is 792. The van der Waals surface area contributed by atoms with Gasteiger partial charge in [0.25, 0.3) is 5.69 Å². The minimum atomic E-state index is -0.522. The number of rotatable bonds is 6. The van der Waals surface area contributed by atoms with Crippen molar-refractivity contribution in [3.63, 3.8) is 0 Å². The van der Waals surface area contributed by atoms with E-state index in [0.717, 1.165) is 31.2 Å². The number of halogens is 1. The molecule has 0 aliphatic heterocycles. The van der Waals surface area contributed by atoms with E-state index in [-0.39, 0.29) is 16.6 Å². The normalized spacial score (nSPS) is 15.6. The summed E-state index contributed by atoms with van der Waals surface area (Å²) in [7, 11) is 0. The average Bonchev–Trinajstić information content (AvgIpc) is 3.15. The summed E-state index contributed by atoms with van der Waals surface area (Å²) in [5.74, 6) is -0.237. The van der Waals surface area contributed by atoms with E-state index in [1.807, 2.05) is 30.3 Å². The number of nitrogens with one attached hydrogen (secondary N) is 2. The number of carbonyl (C=O) groups is 1. The Morgan fingerprint density at radius 1 is 1.15 bits per heavy atom. The van der Waals surface area contributed by atoms with E-state index in [4.69, 9.17) is 11.6 Å². The Labute approximate surface area is 156 Å². The van der Waals surface area contributed by atoms with Gasteiger partial charge in [-0.05, 0) is 24.5 Å².